The Bertz CT molecular complexity index is 1830. The van der Waals surface area contributed by atoms with Gasteiger partial charge in [-0.25, -0.2) is 9.97 Å². The van der Waals surface area contributed by atoms with Crippen molar-refractivity contribution < 1.29 is 9.59 Å². The fourth-order valence-electron chi connectivity index (χ4n) is 7.97. The SMILES string of the molecule is CC(=O)Nc1ncc(CN2CC[C@@H](C)C(C3=Cc4ncccc4C3)C2)s1.CC(=O)Nc1ncc(CN2CC[C@H](C)C(C3=Cc4ncccc4C3)C2)s1. The quantitative estimate of drug-likeness (QED) is 0.195. The summed E-state index contributed by atoms with van der Waals surface area (Å²) in [4.78, 5) is 47.4. The Balaban J connectivity index is 0.000000162. The standard InChI is InChI=1S/2C20H24N4OS/c2*1-13-5-7-24(11-17-10-22-20(26-17)23-14(2)25)12-18(13)16-8-15-4-3-6-21-19(15)9-16/h2*3-4,6,9-10,13,18H,5,7-8,11-12H2,1-2H3,(H,22,23,25)/t2*13-,18?/m10/s1. The van der Waals surface area contributed by atoms with E-state index in [-0.39, 0.29) is 11.8 Å². The lowest BCUT2D eigenvalue weighted by molar-refractivity contribution is -0.115. The van der Waals surface area contributed by atoms with Gasteiger partial charge >= 0.3 is 0 Å². The Morgan fingerprint density at radius 1 is 0.712 bits per heavy atom. The molecule has 272 valence electrons. The number of carbonyl (C=O) groups is 2. The minimum Gasteiger partial charge on any atom is -0.302 e. The summed E-state index contributed by atoms with van der Waals surface area (Å²) in [5.74, 6) is 2.42. The van der Waals surface area contributed by atoms with Crippen molar-refractivity contribution in [3.05, 3.63) is 92.5 Å². The van der Waals surface area contributed by atoms with Gasteiger partial charge < -0.3 is 10.6 Å². The number of amides is 2. The zero-order valence-electron chi connectivity index (χ0n) is 30.5. The zero-order chi connectivity index (χ0) is 36.2. The second-order valence-electron chi connectivity index (χ2n) is 14.7. The number of nitrogens with one attached hydrogen (secondary N) is 2. The van der Waals surface area contributed by atoms with Crippen molar-refractivity contribution >= 4 is 56.9 Å². The topological polar surface area (TPSA) is 116 Å². The van der Waals surface area contributed by atoms with E-state index in [1.165, 1.54) is 58.7 Å². The summed E-state index contributed by atoms with van der Waals surface area (Å²) >= 11 is 3.14. The first-order chi connectivity index (χ1) is 25.2. The van der Waals surface area contributed by atoms with Gasteiger partial charge in [-0.2, -0.15) is 0 Å². The second-order valence-corrected chi connectivity index (χ2v) is 17.0. The molecule has 2 fully saturated rings. The van der Waals surface area contributed by atoms with Crippen molar-refractivity contribution in [3.8, 4) is 0 Å². The van der Waals surface area contributed by atoms with Crippen LogP contribution in [0.2, 0.25) is 0 Å². The van der Waals surface area contributed by atoms with Crippen LogP contribution >= 0.6 is 22.7 Å². The van der Waals surface area contributed by atoms with Crippen LogP contribution in [0.4, 0.5) is 10.3 Å². The van der Waals surface area contributed by atoms with Crippen LogP contribution in [0.25, 0.3) is 12.2 Å². The molecule has 52 heavy (non-hydrogen) atoms. The highest BCUT2D eigenvalue weighted by Gasteiger charge is 2.33. The number of fused-ring (bicyclic) bond motifs is 2. The van der Waals surface area contributed by atoms with E-state index in [2.05, 4.69) is 78.5 Å². The first-order valence-corrected chi connectivity index (χ1v) is 20.0. The van der Waals surface area contributed by atoms with Gasteiger partial charge in [-0.15, -0.1) is 22.7 Å². The molecule has 2 N–H and O–H groups in total. The average Bonchev–Trinajstić information content (AvgIpc) is 3.93. The molecule has 6 heterocycles. The maximum atomic E-state index is 11.2. The largest absolute Gasteiger partial charge is 0.302 e. The molecule has 2 saturated heterocycles. The van der Waals surface area contributed by atoms with Gasteiger partial charge in [-0.3, -0.25) is 29.4 Å². The minimum atomic E-state index is -0.0703. The van der Waals surface area contributed by atoms with E-state index >= 15 is 0 Å². The molecule has 4 aromatic heterocycles. The highest BCUT2D eigenvalue weighted by atomic mass is 32.1. The molecule has 12 heteroatoms. The lowest BCUT2D eigenvalue weighted by Gasteiger charge is -2.37. The number of rotatable bonds is 8. The van der Waals surface area contributed by atoms with Crippen molar-refractivity contribution in [3.63, 3.8) is 0 Å². The summed E-state index contributed by atoms with van der Waals surface area (Å²) in [6.45, 7) is 14.0. The molecule has 2 aliphatic heterocycles. The minimum absolute atomic E-state index is 0.0703. The van der Waals surface area contributed by atoms with Crippen LogP contribution in [-0.2, 0) is 35.5 Å². The van der Waals surface area contributed by atoms with Crippen LogP contribution < -0.4 is 10.6 Å². The molecule has 4 atom stereocenters. The Morgan fingerprint density at radius 2 is 1.15 bits per heavy atom. The van der Waals surface area contributed by atoms with Crippen LogP contribution in [0, 0.1) is 23.7 Å². The highest BCUT2D eigenvalue weighted by molar-refractivity contribution is 7.16. The normalized spacial score (nSPS) is 22.8. The number of thiazole rings is 2. The van der Waals surface area contributed by atoms with Crippen molar-refractivity contribution in [1.29, 1.82) is 0 Å². The van der Waals surface area contributed by atoms with E-state index < -0.39 is 0 Å². The first kappa shape index (κ1) is 36.3. The van der Waals surface area contributed by atoms with Gasteiger partial charge in [0.15, 0.2) is 10.3 Å². The molecule has 4 aliphatic rings. The number of piperidine rings is 2. The molecule has 0 aromatic carbocycles. The molecule has 4 aromatic rings. The van der Waals surface area contributed by atoms with E-state index in [4.69, 9.17) is 0 Å². The fraction of sp³-hybridized carbons (Fsp3) is 0.450. The molecule has 0 radical (unpaired) electrons. The van der Waals surface area contributed by atoms with Gasteiger partial charge in [0, 0.05) is 74.6 Å². The van der Waals surface area contributed by atoms with Crippen molar-refractivity contribution in [2.45, 2.75) is 66.5 Å². The second kappa shape index (κ2) is 16.3. The van der Waals surface area contributed by atoms with Crippen LogP contribution in [0.3, 0.4) is 0 Å². The molecule has 0 saturated carbocycles. The molecule has 2 unspecified atom stereocenters. The van der Waals surface area contributed by atoms with Crippen molar-refractivity contribution in [2.75, 3.05) is 36.8 Å². The average molecular weight is 737 g/mol. The van der Waals surface area contributed by atoms with E-state index in [0.29, 0.717) is 33.9 Å². The summed E-state index contributed by atoms with van der Waals surface area (Å²) in [6.07, 6.45) is 16.7. The molecular weight excluding hydrogens is 689 g/mol. The summed E-state index contributed by atoms with van der Waals surface area (Å²) in [6, 6.07) is 8.45. The molecule has 10 nitrogen and oxygen atoms in total. The monoisotopic (exact) mass is 736 g/mol. The number of nitrogens with zero attached hydrogens (tertiary/aromatic N) is 6. The molecule has 2 aliphatic carbocycles. The van der Waals surface area contributed by atoms with Gasteiger partial charge in [0.1, 0.15) is 0 Å². The van der Waals surface area contributed by atoms with Crippen LogP contribution in [0.15, 0.2) is 60.2 Å². The maximum Gasteiger partial charge on any atom is 0.223 e. The van der Waals surface area contributed by atoms with Crippen LogP contribution in [0.5, 0.6) is 0 Å². The van der Waals surface area contributed by atoms with Crippen molar-refractivity contribution in [1.82, 2.24) is 29.7 Å². The van der Waals surface area contributed by atoms with E-state index in [1.807, 2.05) is 36.9 Å². The lowest BCUT2D eigenvalue weighted by Crippen LogP contribution is -2.39. The number of pyridine rings is 2. The Morgan fingerprint density at radius 3 is 1.56 bits per heavy atom. The van der Waals surface area contributed by atoms with E-state index in [0.717, 1.165) is 63.5 Å². The number of aromatic nitrogens is 4. The first-order valence-electron chi connectivity index (χ1n) is 18.3. The number of hydrogen-bond donors (Lipinski definition) is 2. The van der Waals surface area contributed by atoms with Crippen molar-refractivity contribution in [2.24, 2.45) is 23.7 Å². The third-order valence-corrected chi connectivity index (χ3v) is 12.5. The molecule has 0 bridgehead atoms. The molecule has 0 spiro atoms. The zero-order valence-corrected chi connectivity index (χ0v) is 32.1. The third kappa shape index (κ3) is 8.91. The lowest BCUT2D eigenvalue weighted by atomic mass is 9.81. The molecule has 2 amide bonds. The summed E-state index contributed by atoms with van der Waals surface area (Å²) in [7, 11) is 0. The van der Waals surface area contributed by atoms with Gasteiger partial charge in [0.25, 0.3) is 0 Å². The third-order valence-electron chi connectivity index (χ3n) is 10.8. The summed E-state index contributed by atoms with van der Waals surface area (Å²) in [5, 5.41) is 6.91. The highest BCUT2D eigenvalue weighted by Crippen LogP contribution is 2.38. The summed E-state index contributed by atoms with van der Waals surface area (Å²) < 4.78 is 0. The molecular formula is C40H48N8O2S2. The van der Waals surface area contributed by atoms with E-state index in [1.54, 1.807) is 22.7 Å². The van der Waals surface area contributed by atoms with Gasteiger partial charge in [-0.1, -0.05) is 37.1 Å². The van der Waals surface area contributed by atoms with Crippen LogP contribution in [0.1, 0.15) is 72.8 Å². The van der Waals surface area contributed by atoms with Gasteiger partial charge in [-0.05, 0) is 97.9 Å². The van der Waals surface area contributed by atoms with Crippen LogP contribution in [-0.4, -0.2) is 67.7 Å². The predicted molar refractivity (Wildman–Crippen MR) is 210 cm³/mol. The van der Waals surface area contributed by atoms with Gasteiger partial charge in [0.05, 0.1) is 11.4 Å². The number of anilines is 2. The Hall–Kier alpha value is -4.10. The fourth-order valence-corrected chi connectivity index (χ4v) is 9.78. The maximum absolute atomic E-state index is 11.2. The van der Waals surface area contributed by atoms with E-state index in [9.17, 15) is 9.59 Å². The predicted octanol–water partition coefficient (Wildman–Crippen LogP) is 7.19. The summed E-state index contributed by atoms with van der Waals surface area (Å²) in [5.41, 5.74) is 8.06. The number of hydrogen-bond acceptors (Lipinski definition) is 10. The Labute approximate surface area is 314 Å². The number of likely N-dealkylation sites (tertiary alicyclic amines) is 2. The Kier molecular flexibility index (Phi) is 11.4. The number of carbonyl (C=O) groups excluding carboxylic acids is 2. The van der Waals surface area contributed by atoms with Gasteiger partial charge in [0.2, 0.25) is 11.8 Å². The molecule has 8 rings (SSSR count). The smallest absolute Gasteiger partial charge is 0.223 e.